The van der Waals surface area contributed by atoms with Crippen molar-refractivity contribution in [3.05, 3.63) is 45.1 Å². The van der Waals surface area contributed by atoms with Crippen molar-refractivity contribution in [2.75, 3.05) is 13.2 Å². The molecule has 0 aliphatic carbocycles. The van der Waals surface area contributed by atoms with Crippen molar-refractivity contribution in [3.63, 3.8) is 0 Å². The molecule has 1 amide bonds. The first-order chi connectivity index (χ1) is 11.4. The minimum Gasteiger partial charge on any atom is -0.503 e. The number of ketones is 1. The monoisotopic (exact) mass is 369 g/mol. The van der Waals surface area contributed by atoms with Crippen LogP contribution in [0.4, 0.5) is 0 Å². The highest BCUT2D eigenvalue weighted by Crippen LogP contribution is 2.41. The van der Waals surface area contributed by atoms with Crippen molar-refractivity contribution in [3.8, 4) is 0 Å². The predicted molar refractivity (Wildman–Crippen MR) is 90.2 cm³/mol. The van der Waals surface area contributed by atoms with Crippen molar-refractivity contribution >= 4 is 34.9 Å². The van der Waals surface area contributed by atoms with Crippen molar-refractivity contribution in [1.29, 1.82) is 0 Å². The number of aliphatic hydroxyl groups excluding tert-OH is 1. The highest BCUT2D eigenvalue weighted by Gasteiger charge is 2.44. The lowest BCUT2D eigenvalue weighted by molar-refractivity contribution is -0.131. The van der Waals surface area contributed by atoms with Crippen LogP contribution in [0.15, 0.2) is 29.5 Å². The Morgan fingerprint density at radius 2 is 2.17 bits per heavy atom. The molecule has 3 rings (SSSR count). The number of nitrogens with zero attached hydrogens (tertiary/aromatic N) is 1. The van der Waals surface area contributed by atoms with Crippen LogP contribution in [0.3, 0.4) is 0 Å². The smallest absolute Gasteiger partial charge is 0.290 e. The molecule has 1 saturated heterocycles. The van der Waals surface area contributed by atoms with Crippen LogP contribution in [-0.2, 0) is 14.3 Å². The molecule has 0 spiro atoms. The summed E-state index contributed by atoms with van der Waals surface area (Å²) >= 11 is 12.2. The van der Waals surface area contributed by atoms with Gasteiger partial charge < -0.3 is 14.7 Å². The minimum absolute atomic E-state index is 0.0576. The Labute approximate surface area is 149 Å². The number of benzene rings is 1. The van der Waals surface area contributed by atoms with Gasteiger partial charge in [0.25, 0.3) is 5.91 Å². The second-order valence-electron chi connectivity index (χ2n) is 5.98. The summed E-state index contributed by atoms with van der Waals surface area (Å²) in [7, 11) is 0. The van der Waals surface area contributed by atoms with E-state index in [1.54, 1.807) is 18.2 Å². The van der Waals surface area contributed by atoms with E-state index in [2.05, 4.69) is 0 Å². The second kappa shape index (κ2) is 6.75. The first-order valence-electron chi connectivity index (χ1n) is 7.71. The Morgan fingerprint density at radius 1 is 1.42 bits per heavy atom. The van der Waals surface area contributed by atoms with Gasteiger partial charge in [0, 0.05) is 23.2 Å². The molecule has 0 saturated carbocycles. The van der Waals surface area contributed by atoms with Crippen LogP contribution in [-0.4, -0.2) is 41.0 Å². The molecule has 0 unspecified atom stereocenters. The van der Waals surface area contributed by atoms with Gasteiger partial charge in [-0.2, -0.15) is 0 Å². The molecule has 2 atom stereocenters. The summed E-state index contributed by atoms with van der Waals surface area (Å²) < 4.78 is 5.59. The zero-order valence-electron chi connectivity index (χ0n) is 13.1. The molecule has 0 aromatic heterocycles. The van der Waals surface area contributed by atoms with Crippen LogP contribution >= 0.6 is 23.2 Å². The van der Waals surface area contributed by atoms with Crippen molar-refractivity contribution in [2.45, 2.75) is 31.9 Å². The summed E-state index contributed by atoms with van der Waals surface area (Å²) in [6.07, 6.45) is 1.65. The van der Waals surface area contributed by atoms with E-state index in [0.29, 0.717) is 28.8 Å². The Morgan fingerprint density at radius 3 is 2.75 bits per heavy atom. The number of ether oxygens (including phenoxy) is 1. The molecule has 2 heterocycles. The van der Waals surface area contributed by atoms with Crippen LogP contribution in [0.5, 0.6) is 0 Å². The van der Waals surface area contributed by atoms with Gasteiger partial charge in [-0.25, -0.2) is 0 Å². The minimum atomic E-state index is -0.732. The highest BCUT2D eigenvalue weighted by atomic mass is 35.5. The third-order valence-corrected chi connectivity index (χ3v) is 4.93. The highest BCUT2D eigenvalue weighted by molar-refractivity contribution is 6.35. The van der Waals surface area contributed by atoms with Crippen LogP contribution in [0.25, 0.3) is 0 Å². The maximum absolute atomic E-state index is 12.5. The van der Waals surface area contributed by atoms with E-state index in [0.717, 1.165) is 12.8 Å². The lowest BCUT2D eigenvalue weighted by Gasteiger charge is -2.29. The molecule has 2 aliphatic heterocycles. The number of amides is 1. The van der Waals surface area contributed by atoms with Gasteiger partial charge >= 0.3 is 0 Å². The van der Waals surface area contributed by atoms with Gasteiger partial charge in [0.1, 0.15) is 0 Å². The summed E-state index contributed by atoms with van der Waals surface area (Å²) in [5.41, 5.74) is 0.615. The van der Waals surface area contributed by atoms with E-state index in [-0.39, 0.29) is 17.5 Å². The van der Waals surface area contributed by atoms with E-state index in [1.807, 2.05) is 0 Å². The summed E-state index contributed by atoms with van der Waals surface area (Å²) in [6, 6.07) is 4.14. The first-order valence-corrected chi connectivity index (χ1v) is 8.47. The second-order valence-corrected chi connectivity index (χ2v) is 6.82. The van der Waals surface area contributed by atoms with E-state index in [4.69, 9.17) is 27.9 Å². The molecule has 24 heavy (non-hydrogen) atoms. The van der Waals surface area contributed by atoms with Crippen LogP contribution in [0.2, 0.25) is 10.0 Å². The number of hydrogen-bond donors (Lipinski definition) is 1. The molecule has 7 heteroatoms. The van der Waals surface area contributed by atoms with Gasteiger partial charge in [0.2, 0.25) is 0 Å². The predicted octanol–water partition coefficient (Wildman–Crippen LogP) is 3.46. The van der Waals surface area contributed by atoms with E-state index in [1.165, 1.54) is 11.8 Å². The molecule has 1 aromatic rings. The Bertz CT molecular complexity index is 725. The van der Waals surface area contributed by atoms with Crippen molar-refractivity contribution in [1.82, 2.24) is 4.90 Å². The molecule has 1 aromatic carbocycles. The normalized spacial score (nSPS) is 24.1. The quantitative estimate of drug-likeness (QED) is 0.882. The lowest BCUT2D eigenvalue weighted by Crippen LogP contribution is -2.37. The Hall–Kier alpha value is -1.56. The van der Waals surface area contributed by atoms with E-state index in [9.17, 15) is 14.7 Å². The van der Waals surface area contributed by atoms with Gasteiger partial charge in [0.05, 0.1) is 17.7 Å². The number of rotatable bonds is 4. The number of carbonyl (C=O) groups is 2. The fourth-order valence-electron chi connectivity index (χ4n) is 3.26. The maximum atomic E-state index is 12.5. The number of halogens is 2. The summed E-state index contributed by atoms with van der Waals surface area (Å²) in [5, 5.41) is 11.0. The third-order valence-electron chi connectivity index (χ3n) is 4.36. The Kier molecular flexibility index (Phi) is 4.85. The van der Waals surface area contributed by atoms with Gasteiger partial charge in [-0.1, -0.05) is 29.3 Å². The zero-order valence-corrected chi connectivity index (χ0v) is 14.6. The molecular weight excluding hydrogens is 353 g/mol. The van der Waals surface area contributed by atoms with Crippen molar-refractivity contribution < 1.29 is 19.4 Å². The number of Topliss-reactive ketones (excluding diaryl/α,β-unsaturated/α-hetero) is 1. The molecule has 128 valence electrons. The first kappa shape index (κ1) is 17.3. The molecule has 1 N–H and O–H groups in total. The fourth-order valence-corrected chi connectivity index (χ4v) is 3.77. The van der Waals surface area contributed by atoms with Crippen LogP contribution < -0.4 is 0 Å². The molecule has 2 aliphatic rings. The number of carbonyl (C=O) groups excluding carboxylic acids is 2. The molecule has 0 bridgehead atoms. The fraction of sp³-hybridized carbons (Fsp3) is 0.412. The maximum Gasteiger partial charge on any atom is 0.290 e. The lowest BCUT2D eigenvalue weighted by atomic mass is 9.96. The third kappa shape index (κ3) is 3.04. The summed E-state index contributed by atoms with van der Waals surface area (Å²) in [6.45, 7) is 2.27. The zero-order chi connectivity index (χ0) is 17.4. The van der Waals surface area contributed by atoms with Gasteiger partial charge in [0.15, 0.2) is 11.5 Å². The topological polar surface area (TPSA) is 66.8 Å². The number of hydrogen-bond acceptors (Lipinski definition) is 4. The summed E-state index contributed by atoms with van der Waals surface area (Å²) in [4.78, 5) is 26.0. The van der Waals surface area contributed by atoms with Gasteiger partial charge in [-0.15, -0.1) is 0 Å². The average molecular weight is 370 g/mol. The van der Waals surface area contributed by atoms with E-state index < -0.39 is 17.7 Å². The molecule has 5 nitrogen and oxygen atoms in total. The SMILES string of the molecule is CC(=O)C1=C(O)C(=O)N(C[C@H]2CCCO2)[C@H]1c1ccc(Cl)cc1Cl. The van der Waals surface area contributed by atoms with Gasteiger partial charge in [-0.3, -0.25) is 9.59 Å². The molecule has 0 radical (unpaired) electrons. The molecular formula is C17H17Cl2NO4. The number of aliphatic hydroxyl groups is 1. The van der Waals surface area contributed by atoms with Crippen molar-refractivity contribution in [2.24, 2.45) is 0 Å². The van der Waals surface area contributed by atoms with E-state index >= 15 is 0 Å². The Balaban J connectivity index is 2.03. The van der Waals surface area contributed by atoms with Gasteiger partial charge in [-0.05, 0) is 37.5 Å². The standard InChI is InChI=1S/C17H17Cl2NO4/c1-9(21)14-15(12-5-4-10(18)7-13(12)19)20(17(23)16(14)22)8-11-3-2-6-24-11/h4-5,7,11,15,22H,2-3,6,8H2,1H3/t11-,15+/m1/s1. The largest absolute Gasteiger partial charge is 0.503 e. The average Bonchev–Trinajstić information content (AvgIpc) is 3.10. The van der Waals surface area contributed by atoms with Crippen LogP contribution in [0, 0.1) is 0 Å². The summed E-state index contributed by atoms with van der Waals surface area (Å²) in [5.74, 6) is -1.46. The van der Waals surface area contributed by atoms with Crippen LogP contribution in [0.1, 0.15) is 31.4 Å². The molecule has 1 fully saturated rings.